The Labute approximate surface area is 209 Å². The maximum Gasteiger partial charge on any atom is 0.256 e. The minimum absolute atomic E-state index is 0.0914. The van der Waals surface area contributed by atoms with Crippen LogP contribution in [0.5, 0.6) is 0 Å². The zero-order chi connectivity index (χ0) is 24.6. The predicted octanol–water partition coefficient (Wildman–Crippen LogP) is 2.92. The van der Waals surface area contributed by atoms with Crippen molar-refractivity contribution in [3.05, 3.63) is 53.7 Å². The first-order valence-electron chi connectivity index (χ1n) is 12.8. The van der Waals surface area contributed by atoms with Gasteiger partial charge in [0.1, 0.15) is 17.5 Å². The lowest BCUT2D eigenvalue weighted by Gasteiger charge is -2.43. The standard InChI is InChI=1S/C28H29N5O3/c1-17-11-19(20-4-6-23-21(12-20)13-29-31(23)2)3-5-22(17)25-30-28(8-9-28)27(35)33(25)16-18-14-32(15-18)26(34)24-7-10-36-24/h3-6,11-13,18,24H,7-10,14-16H2,1-2H3. The summed E-state index contributed by atoms with van der Waals surface area (Å²) < 4.78 is 7.22. The van der Waals surface area contributed by atoms with Gasteiger partial charge < -0.3 is 9.64 Å². The van der Waals surface area contributed by atoms with Gasteiger partial charge in [-0.1, -0.05) is 24.3 Å². The van der Waals surface area contributed by atoms with Gasteiger partial charge in [-0.3, -0.25) is 24.2 Å². The van der Waals surface area contributed by atoms with Crippen LogP contribution in [0.3, 0.4) is 0 Å². The summed E-state index contributed by atoms with van der Waals surface area (Å²) in [4.78, 5) is 34.5. The second-order valence-electron chi connectivity index (χ2n) is 10.7. The van der Waals surface area contributed by atoms with Crippen molar-refractivity contribution < 1.29 is 14.3 Å². The van der Waals surface area contributed by atoms with E-state index in [0.717, 1.165) is 58.3 Å². The first-order valence-corrected chi connectivity index (χ1v) is 12.8. The van der Waals surface area contributed by atoms with Crippen molar-refractivity contribution in [2.45, 2.75) is 37.8 Å². The average molecular weight is 484 g/mol. The van der Waals surface area contributed by atoms with Crippen molar-refractivity contribution in [3.63, 3.8) is 0 Å². The van der Waals surface area contributed by atoms with Gasteiger partial charge in [0.15, 0.2) is 0 Å². The van der Waals surface area contributed by atoms with E-state index in [1.54, 1.807) is 0 Å². The molecule has 3 fully saturated rings. The smallest absolute Gasteiger partial charge is 0.256 e. The molecule has 2 saturated heterocycles. The molecule has 4 heterocycles. The molecule has 2 aromatic carbocycles. The van der Waals surface area contributed by atoms with E-state index in [9.17, 15) is 9.59 Å². The predicted molar refractivity (Wildman–Crippen MR) is 136 cm³/mol. The number of amides is 2. The van der Waals surface area contributed by atoms with E-state index in [1.165, 1.54) is 0 Å². The van der Waals surface area contributed by atoms with Gasteiger partial charge in [-0.05, 0) is 48.6 Å². The topological polar surface area (TPSA) is 80.0 Å². The van der Waals surface area contributed by atoms with Crippen LogP contribution >= 0.6 is 0 Å². The van der Waals surface area contributed by atoms with Crippen molar-refractivity contribution in [2.75, 3.05) is 26.2 Å². The van der Waals surface area contributed by atoms with E-state index < -0.39 is 5.54 Å². The Morgan fingerprint density at radius 2 is 1.89 bits per heavy atom. The molecule has 8 heteroatoms. The van der Waals surface area contributed by atoms with Gasteiger partial charge in [-0.2, -0.15) is 5.10 Å². The summed E-state index contributed by atoms with van der Waals surface area (Å²) in [5.41, 5.74) is 4.93. The Bertz CT molecular complexity index is 1440. The molecule has 184 valence electrons. The average Bonchev–Trinajstić information content (AvgIpc) is 3.43. The van der Waals surface area contributed by atoms with E-state index in [1.807, 2.05) is 27.7 Å². The summed E-state index contributed by atoms with van der Waals surface area (Å²) in [7, 11) is 1.95. The molecule has 0 radical (unpaired) electrons. The van der Waals surface area contributed by atoms with Gasteiger partial charge in [0.25, 0.3) is 11.8 Å². The molecule has 36 heavy (non-hydrogen) atoms. The Balaban J connectivity index is 1.12. The second-order valence-corrected chi connectivity index (χ2v) is 10.7. The minimum atomic E-state index is -0.551. The highest BCUT2D eigenvalue weighted by Crippen LogP contribution is 2.46. The maximum absolute atomic E-state index is 13.4. The number of nitrogens with zero attached hydrogens (tertiary/aromatic N) is 5. The van der Waals surface area contributed by atoms with E-state index in [0.29, 0.717) is 26.2 Å². The number of rotatable bonds is 5. The molecule has 4 aliphatic rings. The zero-order valence-electron chi connectivity index (χ0n) is 20.6. The van der Waals surface area contributed by atoms with E-state index in [2.05, 4.69) is 48.4 Å². The number of aryl methyl sites for hydroxylation is 2. The van der Waals surface area contributed by atoms with Crippen LogP contribution in [-0.4, -0.2) is 75.1 Å². The molecule has 7 rings (SSSR count). The highest BCUT2D eigenvalue weighted by molar-refractivity contribution is 6.17. The van der Waals surface area contributed by atoms with Crippen molar-refractivity contribution in [1.29, 1.82) is 0 Å². The third-order valence-electron chi connectivity index (χ3n) is 8.17. The van der Waals surface area contributed by atoms with Crippen LogP contribution in [0.25, 0.3) is 22.0 Å². The van der Waals surface area contributed by atoms with Gasteiger partial charge in [0, 0.05) is 50.0 Å². The molecule has 1 aromatic heterocycles. The maximum atomic E-state index is 13.4. The lowest BCUT2D eigenvalue weighted by atomic mass is 9.96. The molecule has 3 aromatic rings. The molecule has 1 spiro atoms. The quantitative estimate of drug-likeness (QED) is 0.559. The third-order valence-corrected chi connectivity index (χ3v) is 8.17. The Morgan fingerprint density at radius 1 is 1.14 bits per heavy atom. The highest BCUT2D eigenvalue weighted by Gasteiger charge is 2.58. The highest BCUT2D eigenvalue weighted by atomic mass is 16.5. The summed E-state index contributed by atoms with van der Waals surface area (Å²) in [5, 5.41) is 5.46. The Morgan fingerprint density at radius 3 is 2.58 bits per heavy atom. The van der Waals surface area contributed by atoms with Crippen LogP contribution in [0.2, 0.25) is 0 Å². The zero-order valence-corrected chi connectivity index (χ0v) is 20.6. The molecule has 0 N–H and O–H groups in total. The number of fused-ring (bicyclic) bond motifs is 1. The number of carbonyl (C=O) groups excluding carboxylic acids is 2. The van der Waals surface area contributed by atoms with Gasteiger partial charge in [0.05, 0.1) is 18.3 Å². The number of aliphatic imine (C=N–C) groups is 1. The molecule has 2 amide bonds. The second kappa shape index (κ2) is 7.74. The van der Waals surface area contributed by atoms with Gasteiger partial charge >= 0.3 is 0 Å². The Kier molecular flexibility index (Phi) is 4.67. The first-order chi connectivity index (χ1) is 17.4. The van der Waals surface area contributed by atoms with Gasteiger partial charge in [-0.15, -0.1) is 0 Å². The van der Waals surface area contributed by atoms with Crippen LogP contribution < -0.4 is 0 Å². The number of benzene rings is 2. The lowest BCUT2D eigenvalue weighted by molar-refractivity contribution is -0.162. The number of ether oxygens (including phenoxy) is 1. The molecule has 1 aliphatic carbocycles. The number of likely N-dealkylation sites (tertiary alicyclic amines) is 1. The number of hydrogen-bond donors (Lipinski definition) is 0. The minimum Gasteiger partial charge on any atom is -0.368 e. The number of hydrogen-bond acceptors (Lipinski definition) is 5. The molecular weight excluding hydrogens is 454 g/mol. The molecule has 3 aliphatic heterocycles. The van der Waals surface area contributed by atoms with Crippen LogP contribution in [0.15, 0.2) is 47.6 Å². The summed E-state index contributed by atoms with van der Waals surface area (Å²) in [6, 6.07) is 12.8. The van der Waals surface area contributed by atoms with Crippen LogP contribution in [0.4, 0.5) is 0 Å². The largest absolute Gasteiger partial charge is 0.368 e. The van der Waals surface area contributed by atoms with Gasteiger partial charge in [-0.25, -0.2) is 0 Å². The SMILES string of the molecule is Cc1cc(-c2ccc3c(cnn3C)c2)ccc1C1=NC2(CC2)C(=O)N1CC1CN(C(=O)C2CCO2)C1. The van der Waals surface area contributed by atoms with E-state index in [4.69, 9.17) is 9.73 Å². The Hall–Kier alpha value is -3.52. The van der Waals surface area contributed by atoms with Crippen molar-refractivity contribution >= 4 is 28.6 Å². The van der Waals surface area contributed by atoms with Crippen LogP contribution in [0, 0.1) is 12.8 Å². The fourth-order valence-corrected chi connectivity index (χ4v) is 5.67. The van der Waals surface area contributed by atoms with Crippen molar-refractivity contribution in [2.24, 2.45) is 18.0 Å². The van der Waals surface area contributed by atoms with Gasteiger partial charge in [0.2, 0.25) is 0 Å². The lowest BCUT2D eigenvalue weighted by Crippen LogP contribution is -2.58. The molecule has 1 saturated carbocycles. The number of aromatic nitrogens is 2. The fraction of sp³-hybridized carbons (Fsp3) is 0.429. The summed E-state index contributed by atoms with van der Waals surface area (Å²) >= 11 is 0. The number of amidine groups is 1. The van der Waals surface area contributed by atoms with Crippen LogP contribution in [0.1, 0.15) is 30.4 Å². The summed E-state index contributed by atoms with van der Waals surface area (Å²) in [6.07, 6.45) is 4.09. The summed E-state index contributed by atoms with van der Waals surface area (Å²) in [5.74, 6) is 1.27. The molecule has 0 bridgehead atoms. The van der Waals surface area contributed by atoms with Crippen molar-refractivity contribution in [3.8, 4) is 11.1 Å². The third kappa shape index (κ3) is 3.31. The van der Waals surface area contributed by atoms with E-state index in [-0.39, 0.29) is 23.8 Å². The van der Waals surface area contributed by atoms with Crippen LogP contribution in [-0.2, 0) is 21.4 Å². The molecule has 1 atom stereocenters. The first kappa shape index (κ1) is 21.7. The normalized spacial score (nSPS) is 22.7. The molecule has 8 nitrogen and oxygen atoms in total. The molecular formula is C28H29N5O3. The summed E-state index contributed by atoms with van der Waals surface area (Å²) in [6.45, 7) is 4.73. The fourth-order valence-electron chi connectivity index (χ4n) is 5.67. The van der Waals surface area contributed by atoms with Crippen molar-refractivity contribution in [1.82, 2.24) is 19.6 Å². The number of carbonyl (C=O) groups is 2. The molecule has 1 unspecified atom stereocenters. The monoisotopic (exact) mass is 483 g/mol. The van der Waals surface area contributed by atoms with E-state index >= 15 is 0 Å².